The minimum atomic E-state index is 0.113. The van der Waals surface area contributed by atoms with Gasteiger partial charge in [-0.15, -0.1) is 0 Å². The molecule has 0 saturated carbocycles. The van der Waals surface area contributed by atoms with Gasteiger partial charge in [-0.25, -0.2) is 0 Å². The molecule has 1 aromatic rings. The lowest BCUT2D eigenvalue weighted by Crippen LogP contribution is -2.16. The van der Waals surface area contributed by atoms with Crippen molar-refractivity contribution in [2.45, 2.75) is 12.8 Å². The van der Waals surface area contributed by atoms with Crippen molar-refractivity contribution in [1.29, 1.82) is 0 Å². The molecule has 1 aliphatic heterocycles. The van der Waals surface area contributed by atoms with Crippen LogP contribution in [0.1, 0.15) is 18.4 Å². The zero-order valence-electron chi connectivity index (χ0n) is 7.66. The van der Waals surface area contributed by atoms with E-state index in [-0.39, 0.29) is 11.8 Å². The topological polar surface area (TPSA) is 29.1 Å². The van der Waals surface area contributed by atoms with Crippen molar-refractivity contribution in [2.24, 2.45) is 5.92 Å². The average Bonchev–Trinajstić information content (AvgIpc) is 2.49. The molecule has 68 valence electrons. The van der Waals surface area contributed by atoms with E-state index >= 15 is 0 Å². The first-order chi connectivity index (χ1) is 6.29. The number of amides is 1. The monoisotopic (exact) mass is 175 g/mol. The Kier molecular flexibility index (Phi) is 2.05. The van der Waals surface area contributed by atoms with E-state index in [0.717, 1.165) is 6.54 Å². The van der Waals surface area contributed by atoms with E-state index in [0.29, 0.717) is 5.92 Å². The Morgan fingerprint density at radius 1 is 1.31 bits per heavy atom. The van der Waals surface area contributed by atoms with E-state index in [9.17, 15) is 4.79 Å². The first-order valence-corrected chi connectivity index (χ1v) is 4.61. The van der Waals surface area contributed by atoms with Crippen LogP contribution in [0.25, 0.3) is 0 Å². The molecule has 2 atom stereocenters. The summed E-state index contributed by atoms with van der Waals surface area (Å²) in [5.74, 6) is 0.643. The van der Waals surface area contributed by atoms with Crippen molar-refractivity contribution in [1.82, 2.24) is 5.32 Å². The lowest BCUT2D eigenvalue weighted by atomic mass is 9.90. The SMILES string of the molecule is C[C@@H]1C(=O)NC[C@H]1c1ccccc1. The summed E-state index contributed by atoms with van der Waals surface area (Å²) >= 11 is 0. The summed E-state index contributed by atoms with van der Waals surface area (Å²) in [6, 6.07) is 10.2. The van der Waals surface area contributed by atoms with Gasteiger partial charge in [-0.05, 0) is 5.56 Å². The Hall–Kier alpha value is -1.31. The zero-order valence-corrected chi connectivity index (χ0v) is 7.66. The van der Waals surface area contributed by atoms with Gasteiger partial charge < -0.3 is 5.32 Å². The van der Waals surface area contributed by atoms with Gasteiger partial charge >= 0.3 is 0 Å². The maximum absolute atomic E-state index is 11.2. The van der Waals surface area contributed by atoms with E-state index in [1.165, 1.54) is 5.56 Å². The smallest absolute Gasteiger partial charge is 0.223 e. The average molecular weight is 175 g/mol. The molecule has 0 spiro atoms. The predicted molar refractivity (Wildman–Crippen MR) is 51.4 cm³/mol. The number of carbonyl (C=O) groups excluding carboxylic acids is 1. The van der Waals surface area contributed by atoms with Crippen LogP contribution in [0.4, 0.5) is 0 Å². The first kappa shape index (κ1) is 8.30. The summed E-state index contributed by atoms with van der Waals surface area (Å²) in [7, 11) is 0. The fourth-order valence-corrected chi connectivity index (χ4v) is 1.84. The normalized spacial score (nSPS) is 27.3. The summed E-state index contributed by atoms with van der Waals surface area (Å²) in [5, 5.41) is 2.88. The number of carbonyl (C=O) groups is 1. The van der Waals surface area contributed by atoms with Gasteiger partial charge in [0, 0.05) is 18.4 Å². The van der Waals surface area contributed by atoms with Gasteiger partial charge in [0.15, 0.2) is 0 Å². The third-order valence-corrected chi connectivity index (χ3v) is 2.74. The maximum Gasteiger partial charge on any atom is 0.223 e. The van der Waals surface area contributed by atoms with E-state index in [4.69, 9.17) is 0 Å². The Morgan fingerprint density at radius 2 is 2.00 bits per heavy atom. The van der Waals surface area contributed by atoms with Crippen molar-refractivity contribution >= 4 is 5.91 Å². The summed E-state index contributed by atoms with van der Waals surface area (Å²) in [6.07, 6.45) is 0. The fraction of sp³-hybridized carbons (Fsp3) is 0.364. The molecule has 1 saturated heterocycles. The molecule has 0 unspecified atom stereocenters. The zero-order chi connectivity index (χ0) is 9.26. The van der Waals surface area contributed by atoms with Crippen LogP contribution in [0.3, 0.4) is 0 Å². The number of rotatable bonds is 1. The number of benzene rings is 1. The molecule has 2 heteroatoms. The second kappa shape index (κ2) is 3.21. The van der Waals surface area contributed by atoms with Crippen LogP contribution in [0.15, 0.2) is 30.3 Å². The Morgan fingerprint density at radius 3 is 2.54 bits per heavy atom. The second-order valence-corrected chi connectivity index (χ2v) is 3.55. The molecular formula is C11H13NO. The fourth-order valence-electron chi connectivity index (χ4n) is 1.84. The summed E-state index contributed by atoms with van der Waals surface area (Å²) < 4.78 is 0. The van der Waals surface area contributed by atoms with Crippen molar-refractivity contribution in [3.05, 3.63) is 35.9 Å². The highest BCUT2D eigenvalue weighted by molar-refractivity contribution is 5.81. The highest BCUT2D eigenvalue weighted by Gasteiger charge is 2.31. The van der Waals surface area contributed by atoms with E-state index in [2.05, 4.69) is 17.4 Å². The van der Waals surface area contributed by atoms with Gasteiger partial charge in [-0.2, -0.15) is 0 Å². The van der Waals surface area contributed by atoms with Gasteiger partial charge in [0.1, 0.15) is 0 Å². The first-order valence-electron chi connectivity index (χ1n) is 4.61. The van der Waals surface area contributed by atoms with Gasteiger partial charge in [-0.1, -0.05) is 37.3 Å². The summed E-state index contributed by atoms with van der Waals surface area (Å²) in [5.41, 5.74) is 1.26. The van der Waals surface area contributed by atoms with Crippen LogP contribution in [-0.4, -0.2) is 12.5 Å². The lowest BCUT2D eigenvalue weighted by molar-refractivity contribution is -0.122. The maximum atomic E-state index is 11.2. The quantitative estimate of drug-likeness (QED) is 0.689. The summed E-state index contributed by atoms with van der Waals surface area (Å²) in [6.45, 7) is 2.77. The van der Waals surface area contributed by atoms with Gasteiger partial charge in [0.2, 0.25) is 5.91 Å². The molecule has 2 nitrogen and oxygen atoms in total. The lowest BCUT2D eigenvalue weighted by Gasteiger charge is -2.11. The van der Waals surface area contributed by atoms with Gasteiger partial charge in [-0.3, -0.25) is 4.79 Å². The van der Waals surface area contributed by atoms with Crippen molar-refractivity contribution in [2.75, 3.05) is 6.54 Å². The number of hydrogen-bond donors (Lipinski definition) is 1. The predicted octanol–water partition coefficient (Wildman–Crippen LogP) is 1.54. The highest BCUT2D eigenvalue weighted by atomic mass is 16.2. The van der Waals surface area contributed by atoms with Crippen LogP contribution in [0.5, 0.6) is 0 Å². The van der Waals surface area contributed by atoms with Gasteiger partial charge in [0.05, 0.1) is 0 Å². The molecule has 1 fully saturated rings. The van der Waals surface area contributed by atoms with Crippen molar-refractivity contribution < 1.29 is 4.79 Å². The van der Waals surface area contributed by atoms with Crippen LogP contribution in [0, 0.1) is 5.92 Å². The van der Waals surface area contributed by atoms with Crippen LogP contribution in [0.2, 0.25) is 0 Å². The molecule has 0 aromatic heterocycles. The van der Waals surface area contributed by atoms with Crippen molar-refractivity contribution in [3.63, 3.8) is 0 Å². The largest absolute Gasteiger partial charge is 0.355 e. The molecule has 1 heterocycles. The third kappa shape index (κ3) is 1.44. The van der Waals surface area contributed by atoms with Crippen LogP contribution in [-0.2, 0) is 4.79 Å². The Bertz CT molecular complexity index is 307. The molecular weight excluding hydrogens is 162 g/mol. The molecule has 0 radical (unpaired) electrons. The standard InChI is InChI=1S/C11H13NO/c1-8-10(7-12-11(8)13)9-5-3-2-4-6-9/h2-6,8,10H,7H2,1H3,(H,12,13)/t8-,10+/m0/s1. The van der Waals surface area contributed by atoms with Crippen molar-refractivity contribution in [3.8, 4) is 0 Å². The molecule has 13 heavy (non-hydrogen) atoms. The third-order valence-electron chi connectivity index (χ3n) is 2.74. The van der Waals surface area contributed by atoms with Crippen LogP contribution < -0.4 is 5.32 Å². The van der Waals surface area contributed by atoms with E-state index in [1.54, 1.807) is 0 Å². The van der Waals surface area contributed by atoms with Crippen LogP contribution >= 0.6 is 0 Å². The minimum Gasteiger partial charge on any atom is -0.355 e. The second-order valence-electron chi connectivity index (χ2n) is 3.55. The van der Waals surface area contributed by atoms with Gasteiger partial charge in [0.25, 0.3) is 0 Å². The number of nitrogens with one attached hydrogen (secondary N) is 1. The molecule has 0 bridgehead atoms. The van der Waals surface area contributed by atoms with E-state index < -0.39 is 0 Å². The minimum absolute atomic E-state index is 0.113. The molecule has 0 aliphatic carbocycles. The number of hydrogen-bond acceptors (Lipinski definition) is 1. The molecule has 1 N–H and O–H groups in total. The van der Waals surface area contributed by atoms with E-state index in [1.807, 2.05) is 25.1 Å². The Labute approximate surface area is 78.0 Å². The molecule has 1 aromatic carbocycles. The molecule has 1 aliphatic rings. The molecule has 2 rings (SSSR count). The Balaban J connectivity index is 2.24. The summed E-state index contributed by atoms with van der Waals surface area (Å²) in [4.78, 5) is 11.2. The highest BCUT2D eigenvalue weighted by Crippen LogP contribution is 2.27. The molecule has 1 amide bonds.